The molecule has 1 aromatic rings. The molecule has 3 heterocycles. The average molecular weight is 329 g/mol. The molecular formula is C19H27N3O2. The van der Waals surface area contributed by atoms with E-state index in [2.05, 4.69) is 18.8 Å². The Hall–Kier alpha value is -1.91. The van der Waals surface area contributed by atoms with Gasteiger partial charge < -0.3 is 9.80 Å². The third kappa shape index (κ3) is 3.45. The van der Waals surface area contributed by atoms with Crippen LogP contribution in [0.5, 0.6) is 0 Å². The van der Waals surface area contributed by atoms with Crippen molar-refractivity contribution in [2.24, 2.45) is 0 Å². The zero-order valence-corrected chi connectivity index (χ0v) is 14.7. The maximum atomic E-state index is 12.8. The summed E-state index contributed by atoms with van der Waals surface area (Å²) in [5, 5.41) is 0. The molecule has 0 saturated carbocycles. The lowest BCUT2D eigenvalue weighted by atomic mass is 10.0. The van der Waals surface area contributed by atoms with Crippen LogP contribution in [0.2, 0.25) is 0 Å². The first-order valence-corrected chi connectivity index (χ1v) is 9.15. The molecule has 1 aromatic heterocycles. The molecule has 2 saturated heterocycles. The molecule has 0 radical (unpaired) electrons. The lowest BCUT2D eigenvalue weighted by Crippen LogP contribution is -2.43. The molecule has 2 aliphatic rings. The molecule has 0 N–H and O–H groups in total. The van der Waals surface area contributed by atoms with Gasteiger partial charge in [-0.3, -0.25) is 14.6 Å². The first-order valence-electron chi connectivity index (χ1n) is 9.15. The molecule has 2 amide bonds. The number of aromatic nitrogens is 1. The molecule has 2 atom stereocenters. The van der Waals surface area contributed by atoms with E-state index >= 15 is 0 Å². The Morgan fingerprint density at radius 2 is 1.33 bits per heavy atom. The number of hydrogen-bond donors (Lipinski definition) is 0. The van der Waals surface area contributed by atoms with Crippen LogP contribution in [0.4, 0.5) is 0 Å². The molecule has 0 spiro atoms. The van der Waals surface area contributed by atoms with E-state index in [1.165, 1.54) is 12.8 Å². The van der Waals surface area contributed by atoms with Crippen molar-refractivity contribution in [2.45, 2.75) is 64.5 Å². The van der Waals surface area contributed by atoms with Crippen LogP contribution in [0.1, 0.15) is 73.1 Å². The number of amides is 2. The van der Waals surface area contributed by atoms with Crippen molar-refractivity contribution >= 4 is 11.8 Å². The number of carbonyl (C=O) groups excluding carboxylic acids is 2. The van der Waals surface area contributed by atoms with Crippen molar-refractivity contribution in [3.8, 4) is 0 Å². The van der Waals surface area contributed by atoms with Gasteiger partial charge in [0, 0.05) is 37.6 Å². The van der Waals surface area contributed by atoms with E-state index in [0.29, 0.717) is 11.1 Å². The van der Waals surface area contributed by atoms with E-state index in [-0.39, 0.29) is 23.9 Å². The lowest BCUT2D eigenvalue weighted by Gasteiger charge is -2.34. The summed E-state index contributed by atoms with van der Waals surface area (Å²) < 4.78 is 0. The normalized spacial score (nSPS) is 24.8. The largest absolute Gasteiger partial charge is 0.336 e. The van der Waals surface area contributed by atoms with Gasteiger partial charge in [-0.2, -0.15) is 0 Å². The summed E-state index contributed by atoms with van der Waals surface area (Å²) in [4.78, 5) is 33.6. The summed E-state index contributed by atoms with van der Waals surface area (Å²) in [5.74, 6) is -0.00733. The standard InChI is InChI=1S/C19H27N3O2/c1-14-7-3-5-9-21(14)18(23)16-11-17(13-20-12-16)19(24)22-10-6-4-8-15(22)2/h11-15H,3-10H2,1-2H3/t14-,15-/m0/s1. The highest BCUT2D eigenvalue weighted by molar-refractivity contribution is 5.99. The van der Waals surface area contributed by atoms with Crippen LogP contribution in [0.3, 0.4) is 0 Å². The van der Waals surface area contributed by atoms with E-state index in [4.69, 9.17) is 0 Å². The number of rotatable bonds is 2. The molecule has 2 aliphatic heterocycles. The van der Waals surface area contributed by atoms with Gasteiger partial charge in [0.2, 0.25) is 0 Å². The van der Waals surface area contributed by atoms with Gasteiger partial charge in [-0.15, -0.1) is 0 Å². The Morgan fingerprint density at radius 1 is 0.875 bits per heavy atom. The summed E-state index contributed by atoms with van der Waals surface area (Å²) in [6.07, 6.45) is 9.70. The number of carbonyl (C=O) groups is 2. The second-order valence-corrected chi connectivity index (χ2v) is 7.15. The molecule has 0 unspecified atom stereocenters. The molecular weight excluding hydrogens is 302 g/mol. The minimum atomic E-state index is -0.00366. The molecule has 0 bridgehead atoms. The van der Waals surface area contributed by atoms with Crippen LogP contribution in [0, 0.1) is 0 Å². The Kier molecular flexibility index (Phi) is 5.17. The fourth-order valence-electron chi connectivity index (χ4n) is 3.81. The number of pyridine rings is 1. The van der Waals surface area contributed by atoms with Crippen molar-refractivity contribution in [1.29, 1.82) is 0 Å². The molecule has 3 rings (SSSR count). The minimum absolute atomic E-state index is 0.00366. The Balaban J connectivity index is 1.78. The van der Waals surface area contributed by atoms with Gasteiger partial charge in [0.05, 0.1) is 11.1 Å². The molecule has 24 heavy (non-hydrogen) atoms. The fourth-order valence-corrected chi connectivity index (χ4v) is 3.81. The van der Waals surface area contributed by atoms with Gasteiger partial charge in [-0.25, -0.2) is 0 Å². The zero-order valence-electron chi connectivity index (χ0n) is 14.7. The summed E-state index contributed by atoms with van der Waals surface area (Å²) in [6, 6.07) is 2.24. The molecule has 130 valence electrons. The molecule has 0 aliphatic carbocycles. The molecule has 5 heteroatoms. The summed E-state index contributed by atoms with van der Waals surface area (Å²) in [5.41, 5.74) is 1.05. The van der Waals surface area contributed by atoms with Crippen LogP contribution in [0.25, 0.3) is 0 Å². The predicted octanol–water partition coefficient (Wildman–Crippen LogP) is 3.11. The number of piperidine rings is 2. The minimum Gasteiger partial charge on any atom is -0.336 e. The van der Waals surface area contributed by atoms with Gasteiger partial charge >= 0.3 is 0 Å². The van der Waals surface area contributed by atoms with Gasteiger partial charge in [0.15, 0.2) is 0 Å². The number of likely N-dealkylation sites (tertiary alicyclic amines) is 2. The van der Waals surface area contributed by atoms with E-state index in [1.807, 2.05) is 9.80 Å². The molecule has 5 nitrogen and oxygen atoms in total. The van der Waals surface area contributed by atoms with Crippen LogP contribution in [0.15, 0.2) is 18.5 Å². The lowest BCUT2D eigenvalue weighted by molar-refractivity contribution is 0.0633. The second kappa shape index (κ2) is 7.32. The SMILES string of the molecule is C[C@H]1CCCCN1C(=O)c1cncc(C(=O)N2CCCC[C@@H]2C)c1. The van der Waals surface area contributed by atoms with Crippen LogP contribution in [-0.4, -0.2) is 51.8 Å². The van der Waals surface area contributed by atoms with Gasteiger partial charge in [-0.1, -0.05) is 0 Å². The average Bonchev–Trinajstić information content (AvgIpc) is 2.61. The number of nitrogens with zero attached hydrogens (tertiary/aromatic N) is 3. The highest BCUT2D eigenvalue weighted by atomic mass is 16.2. The van der Waals surface area contributed by atoms with Gasteiger partial charge in [0.25, 0.3) is 11.8 Å². The van der Waals surface area contributed by atoms with Crippen LogP contribution < -0.4 is 0 Å². The summed E-state index contributed by atoms with van der Waals surface area (Å²) in [6.45, 7) is 5.77. The highest BCUT2D eigenvalue weighted by Crippen LogP contribution is 2.21. The highest BCUT2D eigenvalue weighted by Gasteiger charge is 2.27. The quantitative estimate of drug-likeness (QED) is 0.838. The van der Waals surface area contributed by atoms with Crippen LogP contribution >= 0.6 is 0 Å². The van der Waals surface area contributed by atoms with Crippen molar-refractivity contribution in [2.75, 3.05) is 13.1 Å². The first-order chi connectivity index (χ1) is 11.6. The van der Waals surface area contributed by atoms with Crippen molar-refractivity contribution in [3.63, 3.8) is 0 Å². The van der Waals surface area contributed by atoms with Gasteiger partial charge in [0.1, 0.15) is 0 Å². The predicted molar refractivity (Wildman–Crippen MR) is 92.9 cm³/mol. The van der Waals surface area contributed by atoms with Crippen LogP contribution in [-0.2, 0) is 0 Å². The Morgan fingerprint density at radius 3 is 1.75 bits per heavy atom. The molecule has 0 aromatic carbocycles. The summed E-state index contributed by atoms with van der Waals surface area (Å²) in [7, 11) is 0. The Labute approximate surface area is 144 Å². The monoisotopic (exact) mass is 329 g/mol. The Bertz CT molecular complexity index is 567. The van der Waals surface area contributed by atoms with E-state index in [9.17, 15) is 9.59 Å². The van der Waals surface area contributed by atoms with E-state index < -0.39 is 0 Å². The van der Waals surface area contributed by atoms with Crippen molar-refractivity contribution in [3.05, 3.63) is 29.6 Å². The maximum absolute atomic E-state index is 12.8. The summed E-state index contributed by atoms with van der Waals surface area (Å²) >= 11 is 0. The fraction of sp³-hybridized carbons (Fsp3) is 0.632. The topological polar surface area (TPSA) is 53.5 Å². The third-order valence-electron chi connectivity index (χ3n) is 5.36. The maximum Gasteiger partial charge on any atom is 0.255 e. The van der Waals surface area contributed by atoms with E-state index in [0.717, 1.165) is 38.8 Å². The van der Waals surface area contributed by atoms with E-state index in [1.54, 1.807) is 18.5 Å². The van der Waals surface area contributed by atoms with Gasteiger partial charge in [-0.05, 0) is 58.4 Å². The van der Waals surface area contributed by atoms with Crippen molar-refractivity contribution < 1.29 is 9.59 Å². The smallest absolute Gasteiger partial charge is 0.255 e. The second-order valence-electron chi connectivity index (χ2n) is 7.15. The third-order valence-corrected chi connectivity index (χ3v) is 5.36. The van der Waals surface area contributed by atoms with Crippen molar-refractivity contribution in [1.82, 2.24) is 14.8 Å². The molecule has 2 fully saturated rings. The first kappa shape index (κ1) is 16.9. The zero-order chi connectivity index (χ0) is 17.1. The number of hydrogen-bond acceptors (Lipinski definition) is 3.